The highest BCUT2D eigenvalue weighted by Gasteiger charge is 2.35. The monoisotopic (exact) mass is 237 g/mol. The van der Waals surface area contributed by atoms with Crippen molar-refractivity contribution in [2.45, 2.75) is 25.4 Å². The molecular formula is C12H12FNO3. The molecule has 0 unspecified atom stereocenters. The zero-order valence-electron chi connectivity index (χ0n) is 9.10. The van der Waals surface area contributed by atoms with Crippen molar-refractivity contribution in [1.82, 2.24) is 4.90 Å². The van der Waals surface area contributed by atoms with Gasteiger partial charge in [-0.2, -0.15) is 0 Å². The molecule has 0 saturated carbocycles. The number of hydrogen-bond donors (Lipinski definition) is 1. The summed E-state index contributed by atoms with van der Waals surface area (Å²) in [6, 6.07) is 5.05. The van der Waals surface area contributed by atoms with Crippen molar-refractivity contribution in [2.24, 2.45) is 0 Å². The zero-order valence-corrected chi connectivity index (χ0v) is 9.10. The van der Waals surface area contributed by atoms with Crippen LogP contribution in [0.2, 0.25) is 0 Å². The first-order chi connectivity index (χ1) is 8.08. The van der Waals surface area contributed by atoms with Crippen molar-refractivity contribution in [3.8, 4) is 0 Å². The minimum Gasteiger partial charge on any atom is -0.480 e. The standard InChI is InChI=1S/C12H12FNO3/c13-9-3-1-2-8(6-9)7-14-10(12(16)17)4-5-11(14)15/h1-3,6,10H,4-5,7H2,(H,16,17)/t10-/m1/s1. The van der Waals surface area contributed by atoms with E-state index in [0.717, 1.165) is 0 Å². The Labute approximate surface area is 97.7 Å². The molecule has 1 heterocycles. The van der Waals surface area contributed by atoms with Gasteiger partial charge in [-0.15, -0.1) is 0 Å². The van der Waals surface area contributed by atoms with Crippen LogP contribution in [0.1, 0.15) is 18.4 Å². The molecule has 17 heavy (non-hydrogen) atoms. The number of carbonyl (C=O) groups is 2. The number of rotatable bonds is 3. The maximum absolute atomic E-state index is 13.0. The molecule has 1 fully saturated rings. The van der Waals surface area contributed by atoms with Crippen LogP contribution in [0.4, 0.5) is 4.39 Å². The van der Waals surface area contributed by atoms with E-state index in [1.165, 1.54) is 17.0 Å². The van der Waals surface area contributed by atoms with Gasteiger partial charge in [-0.25, -0.2) is 9.18 Å². The third-order valence-electron chi connectivity index (χ3n) is 2.86. The van der Waals surface area contributed by atoms with Crippen molar-refractivity contribution in [2.75, 3.05) is 0 Å². The van der Waals surface area contributed by atoms with E-state index in [2.05, 4.69) is 0 Å². The lowest BCUT2D eigenvalue weighted by Gasteiger charge is -2.21. The molecule has 1 aliphatic rings. The molecule has 0 radical (unpaired) electrons. The fourth-order valence-electron chi connectivity index (χ4n) is 2.02. The summed E-state index contributed by atoms with van der Waals surface area (Å²) in [5, 5.41) is 8.97. The van der Waals surface area contributed by atoms with Crippen LogP contribution >= 0.6 is 0 Å². The van der Waals surface area contributed by atoms with Crippen molar-refractivity contribution in [3.05, 3.63) is 35.6 Å². The Hall–Kier alpha value is -1.91. The summed E-state index contributed by atoms with van der Waals surface area (Å²) >= 11 is 0. The number of benzene rings is 1. The fraction of sp³-hybridized carbons (Fsp3) is 0.333. The van der Waals surface area contributed by atoms with Crippen LogP contribution in [-0.4, -0.2) is 27.9 Å². The van der Waals surface area contributed by atoms with Gasteiger partial charge in [0.2, 0.25) is 5.91 Å². The molecule has 1 aromatic carbocycles. The summed E-state index contributed by atoms with van der Waals surface area (Å²) in [5.41, 5.74) is 0.603. The molecule has 1 N–H and O–H groups in total. The molecule has 1 aliphatic heterocycles. The fourth-order valence-corrected chi connectivity index (χ4v) is 2.02. The van der Waals surface area contributed by atoms with Crippen molar-refractivity contribution < 1.29 is 19.1 Å². The smallest absolute Gasteiger partial charge is 0.326 e. The lowest BCUT2D eigenvalue weighted by Crippen LogP contribution is -2.37. The van der Waals surface area contributed by atoms with Crippen LogP contribution < -0.4 is 0 Å². The minimum atomic E-state index is -1.01. The highest BCUT2D eigenvalue weighted by Crippen LogP contribution is 2.21. The van der Waals surface area contributed by atoms with E-state index >= 15 is 0 Å². The summed E-state index contributed by atoms with van der Waals surface area (Å²) in [7, 11) is 0. The lowest BCUT2D eigenvalue weighted by molar-refractivity contribution is -0.146. The minimum absolute atomic E-state index is 0.146. The molecular weight excluding hydrogens is 225 g/mol. The van der Waals surface area contributed by atoms with E-state index in [0.29, 0.717) is 12.0 Å². The van der Waals surface area contributed by atoms with Gasteiger partial charge in [0.1, 0.15) is 11.9 Å². The summed E-state index contributed by atoms with van der Waals surface area (Å²) in [5.74, 6) is -1.59. The Morgan fingerprint density at radius 3 is 2.94 bits per heavy atom. The second kappa shape index (κ2) is 4.53. The topological polar surface area (TPSA) is 57.6 Å². The molecule has 5 heteroatoms. The molecule has 1 amide bonds. The van der Waals surface area contributed by atoms with Crippen LogP contribution in [-0.2, 0) is 16.1 Å². The predicted molar refractivity (Wildman–Crippen MR) is 57.6 cm³/mol. The number of amides is 1. The SMILES string of the molecule is O=C(O)[C@H]1CCC(=O)N1Cc1cccc(F)c1. The summed E-state index contributed by atoms with van der Waals surface area (Å²) in [4.78, 5) is 23.8. The average Bonchev–Trinajstić information content (AvgIpc) is 2.61. The molecule has 0 bridgehead atoms. The van der Waals surface area contributed by atoms with Crippen LogP contribution in [0.5, 0.6) is 0 Å². The van der Waals surface area contributed by atoms with Gasteiger partial charge >= 0.3 is 5.97 Å². The van der Waals surface area contributed by atoms with Crippen molar-refractivity contribution in [1.29, 1.82) is 0 Å². The Morgan fingerprint density at radius 2 is 2.29 bits per heavy atom. The average molecular weight is 237 g/mol. The van der Waals surface area contributed by atoms with E-state index in [9.17, 15) is 14.0 Å². The van der Waals surface area contributed by atoms with Gasteiger partial charge in [-0.3, -0.25) is 4.79 Å². The van der Waals surface area contributed by atoms with Gasteiger partial charge in [0, 0.05) is 13.0 Å². The number of likely N-dealkylation sites (tertiary alicyclic amines) is 1. The maximum atomic E-state index is 13.0. The normalized spacial score (nSPS) is 19.7. The summed E-state index contributed by atoms with van der Waals surface area (Å²) in [6.45, 7) is 0.146. The van der Waals surface area contributed by atoms with E-state index in [1.807, 2.05) is 0 Å². The molecule has 1 aromatic rings. The quantitative estimate of drug-likeness (QED) is 0.864. The van der Waals surface area contributed by atoms with E-state index in [4.69, 9.17) is 5.11 Å². The summed E-state index contributed by atoms with van der Waals surface area (Å²) in [6.07, 6.45) is 0.565. The third kappa shape index (κ3) is 2.43. The van der Waals surface area contributed by atoms with Gasteiger partial charge in [0.25, 0.3) is 0 Å². The Balaban J connectivity index is 2.16. The first kappa shape index (κ1) is 11.6. The van der Waals surface area contributed by atoms with E-state index < -0.39 is 12.0 Å². The second-order valence-corrected chi connectivity index (χ2v) is 4.04. The van der Waals surface area contributed by atoms with Gasteiger partial charge in [-0.1, -0.05) is 12.1 Å². The van der Waals surface area contributed by atoms with Gasteiger partial charge in [0.15, 0.2) is 0 Å². The zero-order chi connectivity index (χ0) is 12.4. The lowest BCUT2D eigenvalue weighted by atomic mass is 10.2. The van der Waals surface area contributed by atoms with Gasteiger partial charge in [-0.05, 0) is 24.1 Å². The maximum Gasteiger partial charge on any atom is 0.326 e. The van der Waals surface area contributed by atoms with Gasteiger partial charge in [0.05, 0.1) is 0 Å². The number of aliphatic carboxylic acids is 1. The number of nitrogens with zero attached hydrogens (tertiary/aromatic N) is 1. The largest absolute Gasteiger partial charge is 0.480 e. The second-order valence-electron chi connectivity index (χ2n) is 4.04. The molecule has 2 rings (SSSR count). The Kier molecular flexibility index (Phi) is 3.08. The van der Waals surface area contributed by atoms with Crippen molar-refractivity contribution >= 4 is 11.9 Å². The number of carboxylic acids is 1. The molecule has 0 spiro atoms. The van der Waals surface area contributed by atoms with Crippen molar-refractivity contribution in [3.63, 3.8) is 0 Å². The molecule has 90 valence electrons. The number of hydrogen-bond acceptors (Lipinski definition) is 2. The first-order valence-corrected chi connectivity index (χ1v) is 5.34. The van der Waals surface area contributed by atoms with Crippen LogP contribution in [0.15, 0.2) is 24.3 Å². The number of carboxylic acid groups (broad SMARTS) is 1. The van der Waals surface area contributed by atoms with Crippen LogP contribution in [0.3, 0.4) is 0 Å². The summed E-state index contributed by atoms with van der Waals surface area (Å²) < 4.78 is 13.0. The van der Waals surface area contributed by atoms with Crippen LogP contribution in [0.25, 0.3) is 0 Å². The highest BCUT2D eigenvalue weighted by molar-refractivity contribution is 5.87. The van der Waals surface area contributed by atoms with E-state index in [-0.39, 0.29) is 24.7 Å². The highest BCUT2D eigenvalue weighted by atomic mass is 19.1. The Bertz CT molecular complexity index is 461. The molecule has 1 atom stereocenters. The molecule has 0 aromatic heterocycles. The number of carbonyl (C=O) groups excluding carboxylic acids is 1. The Morgan fingerprint density at radius 1 is 1.53 bits per heavy atom. The predicted octanol–water partition coefficient (Wildman–Crippen LogP) is 1.40. The van der Waals surface area contributed by atoms with Gasteiger partial charge < -0.3 is 10.0 Å². The first-order valence-electron chi connectivity index (χ1n) is 5.34. The molecule has 4 nitrogen and oxygen atoms in total. The molecule has 0 aliphatic carbocycles. The van der Waals surface area contributed by atoms with E-state index in [1.54, 1.807) is 12.1 Å². The van der Waals surface area contributed by atoms with Crippen LogP contribution in [0, 0.1) is 5.82 Å². The molecule has 1 saturated heterocycles. The number of halogens is 1. The third-order valence-corrected chi connectivity index (χ3v) is 2.86.